The lowest BCUT2D eigenvalue weighted by atomic mass is 10.1. The van der Waals surface area contributed by atoms with Gasteiger partial charge in [-0.1, -0.05) is 6.92 Å². The molecule has 0 aromatic rings. The number of hydrogen-bond acceptors (Lipinski definition) is 3. The standard InChI is InChI=1S/C10H22N2O/c1-4-10-7-12(5-8(2)11)6-9(3)13-10/h8-10H,4-7,11H2,1-3H3. The van der Waals surface area contributed by atoms with Gasteiger partial charge in [0.15, 0.2) is 0 Å². The highest BCUT2D eigenvalue weighted by molar-refractivity contribution is 4.76. The van der Waals surface area contributed by atoms with Gasteiger partial charge in [0.05, 0.1) is 12.2 Å². The minimum atomic E-state index is 0.266. The first-order valence-electron chi connectivity index (χ1n) is 5.25. The lowest BCUT2D eigenvalue weighted by molar-refractivity contribution is -0.0783. The molecule has 78 valence electrons. The Balaban J connectivity index is 2.37. The van der Waals surface area contributed by atoms with Gasteiger partial charge in [-0.15, -0.1) is 0 Å². The Labute approximate surface area is 81.2 Å². The third kappa shape index (κ3) is 3.63. The minimum Gasteiger partial charge on any atom is -0.373 e. The SMILES string of the molecule is CCC1CN(CC(C)N)CC(C)O1. The van der Waals surface area contributed by atoms with Crippen molar-refractivity contribution in [2.45, 2.75) is 45.4 Å². The van der Waals surface area contributed by atoms with Crippen LogP contribution in [0.25, 0.3) is 0 Å². The number of rotatable bonds is 3. The summed E-state index contributed by atoms with van der Waals surface area (Å²) in [6.45, 7) is 9.43. The average molecular weight is 186 g/mol. The van der Waals surface area contributed by atoms with Crippen molar-refractivity contribution < 1.29 is 4.74 Å². The van der Waals surface area contributed by atoms with E-state index >= 15 is 0 Å². The van der Waals surface area contributed by atoms with Crippen molar-refractivity contribution in [3.05, 3.63) is 0 Å². The smallest absolute Gasteiger partial charge is 0.0703 e. The normalized spacial score (nSPS) is 33.2. The van der Waals surface area contributed by atoms with E-state index < -0.39 is 0 Å². The molecule has 0 saturated carbocycles. The minimum absolute atomic E-state index is 0.266. The molecule has 1 aliphatic rings. The molecule has 0 radical (unpaired) electrons. The first kappa shape index (κ1) is 11.0. The van der Waals surface area contributed by atoms with Crippen molar-refractivity contribution >= 4 is 0 Å². The van der Waals surface area contributed by atoms with Crippen LogP contribution in [0.1, 0.15) is 27.2 Å². The van der Waals surface area contributed by atoms with Gasteiger partial charge in [0.1, 0.15) is 0 Å². The van der Waals surface area contributed by atoms with Gasteiger partial charge in [-0.2, -0.15) is 0 Å². The van der Waals surface area contributed by atoms with Crippen molar-refractivity contribution in [1.82, 2.24) is 4.90 Å². The van der Waals surface area contributed by atoms with E-state index in [-0.39, 0.29) is 6.04 Å². The van der Waals surface area contributed by atoms with Crippen LogP contribution in [-0.2, 0) is 4.74 Å². The van der Waals surface area contributed by atoms with Crippen LogP contribution in [0.15, 0.2) is 0 Å². The van der Waals surface area contributed by atoms with Crippen molar-refractivity contribution in [2.24, 2.45) is 5.73 Å². The molecular weight excluding hydrogens is 164 g/mol. The van der Waals surface area contributed by atoms with E-state index in [2.05, 4.69) is 25.7 Å². The highest BCUT2D eigenvalue weighted by Crippen LogP contribution is 2.13. The van der Waals surface area contributed by atoms with Gasteiger partial charge in [-0.3, -0.25) is 4.90 Å². The van der Waals surface area contributed by atoms with Crippen LogP contribution in [0.4, 0.5) is 0 Å². The van der Waals surface area contributed by atoms with E-state index in [9.17, 15) is 0 Å². The van der Waals surface area contributed by atoms with Crippen LogP contribution in [0.2, 0.25) is 0 Å². The number of ether oxygens (including phenoxy) is 1. The summed E-state index contributed by atoms with van der Waals surface area (Å²) in [4.78, 5) is 2.41. The molecule has 0 aromatic carbocycles. The lowest BCUT2D eigenvalue weighted by Crippen LogP contribution is -2.49. The maximum Gasteiger partial charge on any atom is 0.0703 e. The molecular formula is C10H22N2O. The fraction of sp³-hybridized carbons (Fsp3) is 1.00. The van der Waals surface area contributed by atoms with Crippen LogP contribution < -0.4 is 5.73 Å². The van der Waals surface area contributed by atoms with E-state index in [0.29, 0.717) is 12.2 Å². The number of nitrogens with two attached hydrogens (primary N) is 1. The van der Waals surface area contributed by atoms with Gasteiger partial charge in [0, 0.05) is 25.7 Å². The van der Waals surface area contributed by atoms with Crippen LogP contribution in [-0.4, -0.2) is 42.8 Å². The summed E-state index contributed by atoms with van der Waals surface area (Å²) >= 11 is 0. The summed E-state index contributed by atoms with van der Waals surface area (Å²) in [5.41, 5.74) is 5.77. The van der Waals surface area contributed by atoms with Gasteiger partial charge in [0.2, 0.25) is 0 Å². The van der Waals surface area contributed by atoms with Crippen LogP contribution in [0.3, 0.4) is 0 Å². The molecule has 0 amide bonds. The van der Waals surface area contributed by atoms with E-state index in [0.717, 1.165) is 26.1 Å². The zero-order valence-corrected chi connectivity index (χ0v) is 8.99. The Hall–Kier alpha value is -0.120. The highest BCUT2D eigenvalue weighted by atomic mass is 16.5. The van der Waals surface area contributed by atoms with Gasteiger partial charge in [-0.05, 0) is 20.3 Å². The van der Waals surface area contributed by atoms with Crippen LogP contribution in [0.5, 0.6) is 0 Å². The summed E-state index contributed by atoms with van der Waals surface area (Å²) in [5.74, 6) is 0. The Morgan fingerprint density at radius 3 is 2.77 bits per heavy atom. The summed E-state index contributed by atoms with van der Waals surface area (Å²) in [6, 6.07) is 0.266. The van der Waals surface area contributed by atoms with Crippen molar-refractivity contribution in [3.8, 4) is 0 Å². The Morgan fingerprint density at radius 2 is 2.23 bits per heavy atom. The summed E-state index contributed by atoms with van der Waals surface area (Å²) < 4.78 is 5.76. The molecule has 3 nitrogen and oxygen atoms in total. The molecule has 1 saturated heterocycles. The van der Waals surface area contributed by atoms with Gasteiger partial charge in [-0.25, -0.2) is 0 Å². The predicted octanol–water partition coefficient (Wildman–Crippen LogP) is 0.833. The number of nitrogens with zero attached hydrogens (tertiary/aromatic N) is 1. The largest absolute Gasteiger partial charge is 0.373 e. The Kier molecular flexibility index (Phi) is 4.16. The van der Waals surface area contributed by atoms with Crippen molar-refractivity contribution in [3.63, 3.8) is 0 Å². The molecule has 13 heavy (non-hydrogen) atoms. The highest BCUT2D eigenvalue weighted by Gasteiger charge is 2.23. The molecule has 1 heterocycles. The van der Waals surface area contributed by atoms with Gasteiger partial charge >= 0.3 is 0 Å². The quantitative estimate of drug-likeness (QED) is 0.709. The summed E-state index contributed by atoms with van der Waals surface area (Å²) in [7, 11) is 0. The van der Waals surface area contributed by atoms with E-state index in [4.69, 9.17) is 10.5 Å². The third-order valence-electron chi connectivity index (χ3n) is 2.40. The average Bonchev–Trinajstić information content (AvgIpc) is 2.01. The molecule has 1 rings (SSSR count). The van der Waals surface area contributed by atoms with Gasteiger partial charge < -0.3 is 10.5 Å². The predicted molar refractivity (Wildman–Crippen MR) is 54.7 cm³/mol. The van der Waals surface area contributed by atoms with Crippen molar-refractivity contribution in [1.29, 1.82) is 0 Å². The Bertz CT molecular complexity index is 148. The first-order valence-corrected chi connectivity index (χ1v) is 5.25. The summed E-state index contributed by atoms with van der Waals surface area (Å²) in [6.07, 6.45) is 1.86. The maximum absolute atomic E-state index is 5.77. The second-order valence-corrected chi connectivity index (χ2v) is 4.17. The first-order chi connectivity index (χ1) is 6.11. The zero-order chi connectivity index (χ0) is 9.84. The molecule has 1 aliphatic heterocycles. The second-order valence-electron chi connectivity index (χ2n) is 4.17. The lowest BCUT2D eigenvalue weighted by Gasteiger charge is -2.37. The van der Waals surface area contributed by atoms with E-state index in [1.807, 2.05) is 0 Å². The summed E-state index contributed by atoms with van der Waals surface area (Å²) in [5, 5.41) is 0. The fourth-order valence-electron chi connectivity index (χ4n) is 1.92. The topological polar surface area (TPSA) is 38.5 Å². The number of hydrogen-bond donors (Lipinski definition) is 1. The fourth-order valence-corrected chi connectivity index (χ4v) is 1.92. The molecule has 3 unspecified atom stereocenters. The van der Waals surface area contributed by atoms with Crippen molar-refractivity contribution in [2.75, 3.05) is 19.6 Å². The molecule has 0 aromatic heterocycles. The Morgan fingerprint density at radius 1 is 1.54 bits per heavy atom. The molecule has 0 spiro atoms. The molecule has 3 atom stereocenters. The van der Waals surface area contributed by atoms with E-state index in [1.165, 1.54) is 0 Å². The third-order valence-corrected chi connectivity index (χ3v) is 2.40. The monoisotopic (exact) mass is 186 g/mol. The molecule has 1 fully saturated rings. The molecule has 0 bridgehead atoms. The molecule has 3 heteroatoms. The maximum atomic E-state index is 5.77. The molecule has 0 aliphatic carbocycles. The van der Waals surface area contributed by atoms with E-state index in [1.54, 1.807) is 0 Å². The second kappa shape index (κ2) is 4.94. The molecule has 2 N–H and O–H groups in total. The van der Waals surface area contributed by atoms with Gasteiger partial charge in [0.25, 0.3) is 0 Å². The van der Waals surface area contributed by atoms with Crippen LogP contribution >= 0.6 is 0 Å². The zero-order valence-electron chi connectivity index (χ0n) is 8.99. The van der Waals surface area contributed by atoms with Crippen LogP contribution in [0, 0.1) is 0 Å². The number of morpholine rings is 1.